The van der Waals surface area contributed by atoms with Crippen LogP contribution >= 0.6 is 11.3 Å². The second-order valence-corrected chi connectivity index (χ2v) is 9.15. The molecule has 0 aliphatic carbocycles. The summed E-state index contributed by atoms with van der Waals surface area (Å²) in [7, 11) is -3.48. The molecule has 0 unspecified atom stereocenters. The van der Waals surface area contributed by atoms with E-state index in [9.17, 15) is 8.42 Å². The van der Waals surface area contributed by atoms with Crippen molar-refractivity contribution >= 4 is 27.2 Å². The molecule has 6 nitrogen and oxygen atoms in total. The number of pyridine rings is 1. The van der Waals surface area contributed by atoms with Crippen LogP contribution in [-0.2, 0) is 14.8 Å². The number of aromatic nitrogens is 1. The second-order valence-electron chi connectivity index (χ2n) is 6.24. The molecule has 2 fully saturated rings. The van der Waals surface area contributed by atoms with Crippen LogP contribution < -0.4 is 4.90 Å². The van der Waals surface area contributed by atoms with E-state index in [1.54, 1.807) is 17.4 Å². The molecule has 134 valence electrons. The minimum Gasteiger partial charge on any atom is -0.379 e. The van der Waals surface area contributed by atoms with Gasteiger partial charge >= 0.3 is 0 Å². The summed E-state index contributed by atoms with van der Waals surface area (Å²) < 4.78 is 32.1. The van der Waals surface area contributed by atoms with E-state index in [0.717, 1.165) is 25.2 Å². The molecule has 4 heterocycles. The van der Waals surface area contributed by atoms with Gasteiger partial charge in [-0.05, 0) is 36.4 Å². The van der Waals surface area contributed by atoms with Crippen molar-refractivity contribution in [1.29, 1.82) is 0 Å². The summed E-state index contributed by atoms with van der Waals surface area (Å²) in [6.45, 7) is 2.64. The van der Waals surface area contributed by atoms with Gasteiger partial charge in [-0.1, -0.05) is 6.07 Å². The maximum atomic E-state index is 12.7. The molecular formula is C17H21N3O3S2. The third kappa shape index (κ3) is 3.31. The Balaban J connectivity index is 1.55. The molecule has 2 aliphatic heterocycles. The lowest BCUT2D eigenvalue weighted by Gasteiger charge is -2.27. The van der Waals surface area contributed by atoms with Crippen molar-refractivity contribution in [3.05, 3.63) is 40.7 Å². The molecule has 0 radical (unpaired) electrons. The smallest absolute Gasteiger partial charge is 0.244 e. The largest absolute Gasteiger partial charge is 0.379 e. The number of thiophene rings is 1. The summed E-state index contributed by atoms with van der Waals surface area (Å²) >= 11 is 1.76. The number of rotatable bonds is 4. The van der Waals surface area contributed by atoms with Gasteiger partial charge in [0.1, 0.15) is 10.7 Å². The fraction of sp³-hybridized carbons (Fsp3) is 0.471. The minimum atomic E-state index is -3.48. The van der Waals surface area contributed by atoms with Gasteiger partial charge in [0.15, 0.2) is 0 Å². The third-order valence-electron chi connectivity index (χ3n) is 4.75. The van der Waals surface area contributed by atoms with E-state index < -0.39 is 10.0 Å². The van der Waals surface area contributed by atoms with E-state index in [0.29, 0.717) is 32.3 Å². The number of sulfonamides is 1. The molecule has 8 heteroatoms. The van der Waals surface area contributed by atoms with Gasteiger partial charge in [0.2, 0.25) is 10.0 Å². The highest BCUT2D eigenvalue weighted by molar-refractivity contribution is 7.89. The number of hydrogen-bond acceptors (Lipinski definition) is 6. The topological polar surface area (TPSA) is 62.7 Å². The summed E-state index contributed by atoms with van der Waals surface area (Å²) in [4.78, 5) is 8.34. The SMILES string of the molecule is O=S(=O)(c1ccc(N2CCC[C@@H]2c2cccs2)nc1)N1CCOCC1. The lowest BCUT2D eigenvalue weighted by molar-refractivity contribution is 0.0730. The van der Waals surface area contributed by atoms with Gasteiger partial charge in [0, 0.05) is 30.7 Å². The Morgan fingerprint density at radius 2 is 2.00 bits per heavy atom. The van der Waals surface area contributed by atoms with E-state index in [4.69, 9.17) is 4.74 Å². The van der Waals surface area contributed by atoms with E-state index in [-0.39, 0.29) is 4.90 Å². The number of hydrogen-bond donors (Lipinski definition) is 0. The van der Waals surface area contributed by atoms with Crippen LogP contribution in [0.15, 0.2) is 40.7 Å². The van der Waals surface area contributed by atoms with Crippen molar-refractivity contribution in [3.8, 4) is 0 Å². The Morgan fingerprint density at radius 1 is 1.16 bits per heavy atom. The molecule has 0 aromatic carbocycles. The van der Waals surface area contributed by atoms with Gasteiger partial charge < -0.3 is 9.64 Å². The van der Waals surface area contributed by atoms with Gasteiger partial charge in [-0.25, -0.2) is 13.4 Å². The number of morpholine rings is 1. The number of nitrogens with zero attached hydrogens (tertiary/aromatic N) is 3. The average molecular weight is 380 g/mol. The fourth-order valence-electron chi connectivity index (χ4n) is 3.45. The van der Waals surface area contributed by atoms with Crippen molar-refractivity contribution in [2.45, 2.75) is 23.8 Å². The monoisotopic (exact) mass is 379 g/mol. The molecule has 0 amide bonds. The quantitative estimate of drug-likeness (QED) is 0.817. The molecule has 0 spiro atoms. The Bertz CT molecular complexity index is 800. The first-order valence-corrected chi connectivity index (χ1v) is 10.8. The lowest BCUT2D eigenvalue weighted by Crippen LogP contribution is -2.40. The Labute approximate surface area is 152 Å². The Kier molecular flexibility index (Phi) is 4.77. The molecule has 4 rings (SSSR count). The first-order chi connectivity index (χ1) is 12.2. The number of ether oxygens (including phenoxy) is 1. The summed E-state index contributed by atoms with van der Waals surface area (Å²) in [5.41, 5.74) is 0. The maximum absolute atomic E-state index is 12.7. The summed E-state index contributed by atoms with van der Waals surface area (Å²) in [5.74, 6) is 0.844. The van der Waals surface area contributed by atoms with Gasteiger partial charge in [-0.3, -0.25) is 0 Å². The minimum absolute atomic E-state index is 0.255. The molecular weight excluding hydrogens is 358 g/mol. The molecule has 1 atom stereocenters. The number of anilines is 1. The summed E-state index contributed by atoms with van der Waals surface area (Å²) in [5, 5.41) is 2.09. The van der Waals surface area contributed by atoms with Crippen LogP contribution in [0.2, 0.25) is 0 Å². The Morgan fingerprint density at radius 3 is 2.68 bits per heavy atom. The molecule has 2 aromatic heterocycles. The second kappa shape index (κ2) is 7.03. The Hall–Kier alpha value is -1.48. The van der Waals surface area contributed by atoms with Crippen LogP contribution in [0.3, 0.4) is 0 Å². The van der Waals surface area contributed by atoms with Crippen LogP contribution in [-0.4, -0.2) is 50.6 Å². The van der Waals surface area contributed by atoms with Crippen molar-refractivity contribution in [2.75, 3.05) is 37.7 Å². The molecule has 0 bridgehead atoms. The lowest BCUT2D eigenvalue weighted by atomic mass is 10.2. The van der Waals surface area contributed by atoms with Crippen molar-refractivity contribution in [2.24, 2.45) is 0 Å². The molecule has 0 N–H and O–H groups in total. The van der Waals surface area contributed by atoms with E-state index in [2.05, 4.69) is 27.4 Å². The van der Waals surface area contributed by atoms with E-state index in [1.165, 1.54) is 15.4 Å². The van der Waals surface area contributed by atoms with E-state index >= 15 is 0 Å². The van der Waals surface area contributed by atoms with Crippen LogP contribution in [0, 0.1) is 0 Å². The predicted molar refractivity (Wildman–Crippen MR) is 97.5 cm³/mol. The standard InChI is InChI=1S/C17H21N3O3S2/c21-25(22,19-8-10-23-11-9-19)14-5-6-17(18-13-14)20-7-1-3-15(20)16-4-2-12-24-16/h2,4-6,12-13,15H,1,3,7-11H2/t15-/m1/s1. The van der Waals surface area contributed by atoms with Crippen LogP contribution in [0.5, 0.6) is 0 Å². The zero-order valence-corrected chi connectivity index (χ0v) is 15.5. The predicted octanol–water partition coefficient (Wildman–Crippen LogP) is 2.51. The highest BCUT2D eigenvalue weighted by atomic mass is 32.2. The first-order valence-electron chi connectivity index (χ1n) is 8.50. The molecule has 2 aromatic rings. The molecule has 2 saturated heterocycles. The molecule has 0 saturated carbocycles. The summed E-state index contributed by atoms with van der Waals surface area (Å²) in [6.07, 6.45) is 3.72. The summed E-state index contributed by atoms with van der Waals surface area (Å²) in [6, 6.07) is 8.08. The van der Waals surface area contributed by atoms with Crippen molar-refractivity contribution < 1.29 is 13.2 Å². The zero-order chi connectivity index (χ0) is 17.3. The van der Waals surface area contributed by atoms with E-state index in [1.807, 2.05) is 6.07 Å². The maximum Gasteiger partial charge on any atom is 0.244 e. The van der Waals surface area contributed by atoms with Crippen molar-refractivity contribution in [1.82, 2.24) is 9.29 Å². The first kappa shape index (κ1) is 17.0. The van der Waals surface area contributed by atoms with Gasteiger partial charge in [-0.15, -0.1) is 11.3 Å². The normalized spacial score (nSPS) is 22.4. The van der Waals surface area contributed by atoms with Crippen LogP contribution in [0.25, 0.3) is 0 Å². The molecule has 25 heavy (non-hydrogen) atoms. The third-order valence-corrected chi connectivity index (χ3v) is 7.60. The van der Waals surface area contributed by atoms with Gasteiger partial charge in [-0.2, -0.15) is 4.31 Å². The fourth-order valence-corrected chi connectivity index (χ4v) is 5.68. The van der Waals surface area contributed by atoms with Gasteiger partial charge in [0.05, 0.1) is 19.3 Å². The highest BCUT2D eigenvalue weighted by Gasteiger charge is 2.29. The zero-order valence-electron chi connectivity index (χ0n) is 13.9. The van der Waals surface area contributed by atoms with Crippen LogP contribution in [0.4, 0.5) is 5.82 Å². The average Bonchev–Trinajstić information content (AvgIpc) is 3.34. The van der Waals surface area contributed by atoms with Gasteiger partial charge in [0.25, 0.3) is 0 Å². The van der Waals surface area contributed by atoms with Crippen LogP contribution in [0.1, 0.15) is 23.8 Å². The highest BCUT2D eigenvalue weighted by Crippen LogP contribution is 2.37. The van der Waals surface area contributed by atoms with Crippen molar-refractivity contribution in [3.63, 3.8) is 0 Å². The molecule has 2 aliphatic rings.